The van der Waals surface area contributed by atoms with Gasteiger partial charge >= 0.3 is 5.97 Å². The molecule has 0 spiro atoms. The molecule has 2 aromatic carbocycles. The predicted molar refractivity (Wildman–Crippen MR) is 85.8 cm³/mol. The van der Waals surface area contributed by atoms with Crippen molar-refractivity contribution in [2.24, 2.45) is 0 Å². The molecule has 1 N–H and O–H groups in total. The molecule has 0 radical (unpaired) electrons. The number of esters is 1. The van der Waals surface area contributed by atoms with Gasteiger partial charge in [0.25, 0.3) is 5.91 Å². The highest BCUT2D eigenvalue weighted by Crippen LogP contribution is 2.13. The van der Waals surface area contributed by atoms with Crippen LogP contribution in [0.2, 0.25) is 0 Å². The Bertz CT molecular complexity index is 726. The highest BCUT2D eigenvalue weighted by Gasteiger charge is 2.19. The molecule has 1 amide bonds. The van der Waals surface area contributed by atoms with Crippen LogP contribution in [0.15, 0.2) is 42.5 Å². The van der Waals surface area contributed by atoms with Crippen molar-refractivity contribution in [3.8, 4) is 0 Å². The molecule has 0 saturated carbocycles. The SMILES string of the molecule is Cc1ccc(NC(=O)[C@@H](C)OC(=O)c2ccc(C)c(F)c2)cc1. The third-order valence-electron chi connectivity index (χ3n) is 3.38. The number of halogens is 1. The molecular weight excluding hydrogens is 297 g/mol. The summed E-state index contributed by atoms with van der Waals surface area (Å²) < 4.78 is 18.5. The maximum absolute atomic E-state index is 13.5. The fourth-order valence-electron chi connectivity index (χ4n) is 1.88. The second kappa shape index (κ2) is 7.05. The zero-order valence-corrected chi connectivity index (χ0v) is 13.2. The van der Waals surface area contributed by atoms with Gasteiger partial charge in [-0.2, -0.15) is 0 Å². The van der Waals surface area contributed by atoms with Crippen molar-refractivity contribution in [2.75, 3.05) is 5.32 Å². The zero-order chi connectivity index (χ0) is 17.0. The number of anilines is 1. The average molecular weight is 315 g/mol. The number of rotatable bonds is 4. The number of carbonyl (C=O) groups is 2. The number of aryl methyl sites for hydroxylation is 2. The van der Waals surface area contributed by atoms with Gasteiger partial charge in [-0.3, -0.25) is 4.79 Å². The maximum atomic E-state index is 13.5. The van der Waals surface area contributed by atoms with Crippen molar-refractivity contribution in [1.29, 1.82) is 0 Å². The molecule has 0 bridgehead atoms. The van der Waals surface area contributed by atoms with Crippen LogP contribution in [0.4, 0.5) is 10.1 Å². The van der Waals surface area contributed by atoms with Crippen molar-refractivity contribution in [3.05, 3.63) is 65.0 Å². The minimum absolute atomic E-state index is 0.0723. The lowest BCUT2D eigenvalue weighted by Gasteiger charge is -2.14. The van der Waals surface area contributed by atoms with Crippen molar-refractivity contribution >= 4 is 17.6 Å². The summed E-state index contributed by atoms with van der Waals surface area (Å²) in [4.78, 5) is 24.0. The van der Waals surface area contributed by atoms with Crippen LogP contribution in [0, 0.1) is 19.7 Å². The maximum Gasteiger partial charge on any atom is 0.339 e. The van der Waals surface area contributed by atoms with E-state index in [4.69, 9.17) is 4.74 Å². The van der Waals surface area contributed by atoms with Crippen molar-refractivity contribution in [2.45, 2.75) is 26.9 Å². The van der Waals surface area contributed by atoms with Gasteiger partial charge in [0.15, 0.2) is 6.10 Å². The van der Waals surface area contributed by atoms with E-state index in [1.165, 1.54) is 19.1 Å². The molecule has 120 valence electrons. The molecule has 1 atom stereocenters. The normalized spacial score (nSPS) is 11.7. The van der Waals surface area contributed by atoms with Gasteiger partial charge in [0.05, 0.1) is 5.56 Å². The van der Waals surface area contributed by atoms with Gasteiger partial charge in [0, 0.05) is 5.69 Å². The lowest BCUT2D eigenvalue weighted by atomic mass is 10.1. The Labute approximate surface area is 134 Å². The Balaban J connectivity index is 1.98. The molecule has 0 aliphatic heterocycles. The van der Waals surface area contributed by atoms with Crippen LogP contribution in [0.5, 0.6) is 0 Å². The van der Waals surface area contributed by atoms with Gasteiger partial charge in [0.2, 0.25) is 0 Å². The largest absolute Gasteiger partial charge is 0.449 e. The van der Waals surface area contributed by atoms with Crippen LogP contribution in [-0.4, -0.2) is 18.0 Å². The summed E-state index contributed by atoms with van der Waals surface area (Å²) in [7, 11) is 0. The number of hydrogen-bond donors (Lipinski definition) is 1. The van der Waals surface area contributed by atoms with Gasteiger partial charge in [-0.25, -0.2) is 9.18 Å². The Morgan fingerprint density at radius 2 is 1.74 bits per heavy atom. The van der Waals surface area contributed by atoms with Crippen LogP contribution < -0.4 is 5.32 Å². The molecule has 4 nitrogen and oxygen atoms in total. The summed E-state index contributed by atoms with van der Waals surface area (Å²) in [6.45, 7) is 5.00. The standard InChI is InChI=1S/C18H18FNO3/c1-11-4-8-15(9-5-11)20-17(21)13(3)23-18(22)14-7-6-12(2)16(19)10-14/h4-10,13H,1-3H3,(H,20,21)/t13-/m1/s1. The van der Waals surface area contributed by atoms with Crippen LogP contribution in [-0.2, 0) is 9.53 Å². The Morgan fingerprint density at radius 3 is 2.35 bits per heavy atom. The second-order valence-electron chi connectivity index (χ2n) is 5.37. The highest BCUT2D eigenvalue weighted by molar-refractivity contribution is 5.97. The summed E-state index contributed by atoms with van der Waals surface area (Å²) in [5, 5.41) is 2.66. The minimum atomic E-state index is -0.992. The number of hydrogen-bond acceptors (Lipinski definition) is 3. The quantitative estimate of drug-likeness (QED) is 0.877. The van der Waals surface area contributed by atoms with E-state index < -0.39 is 23.8 Å². The summed E-state index contributed by atoms with van der Waals surface area (Å²) in [6.07, 6.45) is -0.992. The summed E-state index contributed by atoms with van der Waals surface area (Å²) >= 11 is 0. The fraction of sp³-hybridized carbons (Fsp3) is 0.222. The van der Waals surface area contributed by atoms with Crippen LogP contribution >= 0.6 is 0 Å². The predicted octanol–water partition coefficient (Wildman–Crippen LogP) is 3.63. The molecular formula is C18H18FNO3. The molecule has 0 aliphatic carbocycles. The van der Waals surface area contributed by atoms with E-state index in [0.29, 0.717) is 11.3 Å². The molecule has 0 saturated heterocycles. The van der Waals surface area contributed by atoms with E-state index in [0.717, 1.165) is 11.6 Å². The second-order valence-corrected chi connectivity index (χ2v) is 5.37. The zero-order valence-electron chi connectivity index (χ0n) is 13.2. The molecule has 5 heteroatoms. The van der Waals surface area contributed by atoms with E-state index in [1.807, 2.05) is 19.1 Å². The van der Waals surface area contributed by atoms with Crippen molar-refractivity contribution in [1.82, 2.24) is 0 Å². The fourth-order valence-corrected chi connectivity index (χ4v) is 1.88. The number of amides is 1. The molecule has 2 aromatic rings. The third-order valence-corrected chi connectivity index (χ3v) is 3.38. The minimum Gasteiger partial charge on any atom is -0.449 e. The Kier molecular flexibility index (Phi) is 5.11. The van der Waals surface area contributed by atoms with Gasteiger partial charge < -0.3 is 10.1 Å². The molecule has 23 heavy (non-hydrogen) atoms. The van der Waals surface area contributed by atoms with Crippen molar-refractivity contribution in [3.63, 3.8) is 0 Å². The van der Waals surface area contributed by atoms with Crippen LogP contribution in [0.3, 0.4) is 0 Å². The molecule has 0 heterocycles. The molecule has 0 aliphatic rings. The van der Waals surface area contributed by atoms with Gasteiger partial charge in [-0.15, -0.1) is 0 Å². The Morgan fingerprint density at radius 1 is 1.09 bits per heavy atom. The van der Waals surface area contributed by atoms with Gasteiger partial charge in [0.1, 0.15) is 5.82 Å². The van der Waals surface area contributed by atoms with Crippen LogP contribution in [0.1, 0.15) is 28.4 Å². The molecule has 0 unspecified atom stereocenters. The van der Waals surface area contributed by atoms with Gasteiger partial charge in [-0.1, -0.05) is 23.8 Å². The first-order valence-corrected chi connectivity index (χ1v) is 7.21. The first kappa shape index (κ1) is 16.7. The average Bonchev–Trinajstić information content (AvgIpc) is 2.52. The molecule has 0 fully saturated rings. The number of benzene rings is 2. The van der Waals surface area contributed by atoms with E-state index >= 15 is 0 Å². The number of ether oxygens (including phenoxy) is 1. The summed E-state index contributed by atoms with van der Waals surface area (Å²) in [5.41, 5.74) is 2.20. The lowest BCUT2D eigenvalue weighted by molar-refractivity contribution is -0.123. The van der Waals surface area contributed by atoms with Crippen LogP contribution in [0.25, 0.3) is 0 Å². The number of carbonyl (C=O) groups excluding carboxylic acids is 2. The smallest absolute Gasteiger partial charge is 0.339 e. The van der Waals surface area contributed by atoms with E-state index in [1.54, 1.807) is 19.1 Å². The van der Waals surface area contributed by atoms with E-state index in [2.05, 4.69) is 5.32 Å². The first-order valence-electron chi connectivity index (χ1n) is 7.21. The number of nitrogens with one attached hydrogen (secondary N) is 1. The van der Waals surface area contributed by atoms with E-state index in [9.17, 15) is 14.0 Å². The van der Waals surface area contributed by atoms with E-state index in [-0.39, 0.29) is 5.56 Å². The van der Waals surface area contributed by atoms with Crippen molar-refractivity contribution < 1.29 is 18.7 Å². The Hall–Kier alpha value is -2.69. The first-order chi connectivity index (χ1) is 10.9. The van der Waals surface area contributed by atoms with Gasteiger partial charge in [-0.05, 0) is 50.6 Å². The summed E-state index contributed by atoms with van der Waals surface area (Å²) in [5.74, 6) is -1.68. The lowest BCUT2D eigenvalue weighted by Crippen LogP contribution is -2.30. The topological polar surface area (TPSA) is 55.4 Å². The molecule has 0 aromatic heterocycles. The highest BCUT2D eigenvalue weighted by atomic mass is 19.1. The third kappa shape index (κ3) is 4.39. The molecule has 2 rings (SSSR count). The monoisotopic (exact) mass is 315 g/mol. The summed E-state index contributed by atoms with van der Waals surface area (Å²) in [6, 6.07) is 11.3.